The number of rotatable bonds is 12. The lowest BCUT2D eigenvalue weighted by Crippen LogP contribution is -2.30. The second-order valence-electron chi connectivity index (χ2n) is 8.01. The molecule has 5 nitrogen and oxygen atoms in total. The molecule has 0 aliphatic heterocycles. The van der Waals surface area contributed by atoms with Gasteiger partial charge in [0.2, 0.25) is 0 Å². The average molecular weight is 465 g/mol. The molecular formula is C24H33ClN2O3S. The van der Waals surface area contributed by atoms with Gasteiger partial charge in [-0.3, -0.25) is 4.79 Å². The Morgan fingerprint density at radius 2 is 1.87 bits per heavy atom. The molecule has 2 aromatic carbocycles. The van der Waals surface area contributed by atoms with Gasteiger partial charge in [-0.2, -0.15) is 0 Å². The van der Waals surface area contributed by atoms with E-state index < -0.39 is 0 Å². The smallest absolute Gasteiger partial charge is 0.305 e. The highest BCUT2D eigenvalue weighted by molar-refractivity contribution is 7.16. The number of fused-ring (bicyclic) bond motifs is 1. The molecular weight excluding hydrogens is 432 g/mol. The minimum absolute atomic E-state index is 0. The zero-order valence-electron chi connectivity index (χ0n) is 18.0. The second-order valence-corrected chi connectivity index (χ2v) is 8.99. The minimum atomic E-state index is -0.152. The first-order chi connectivity index (χ1) is 14.5. The van der Waals surface area contributed by atoms with Crippen molar-refractivity contribution in [2.75, 3.05) is 13.2 Å². The Hall–Kier alpha value is -1.86. The first-order valence-corrected chi connectivity index (χ1v) is 11.6. The topological polar surface area (TPSA) is 88.3 Å². The fraction of sp³-hybridized carbons (Fsp3) is 0.458. The van der Waals surface area contributed by atoms with Crippen molar-refractivity contribution in [3.05, 3.63) is 63.3 Å². The fourth-order valence-electron chi connectivity index (χ4n) is 3.69. The summed E-state index contributed by atoms with van der Waals surface area (Å²) in [7, 11) is 0. The van der Waals surface area contributed by atoms with Gasteiger partial charge in [0.15, 0.2) is 0 Å². The van der Waals surface area contributed by atoms with Gasteiger partial charge in [0.05, 0.1) is 11.3 Å². The van der Waals surface area contributed by atoms with Crippen molar-refractivity contribution in [3.63, 3.8) is 0 Å². The number of halogens is 1. The molecule has 0 saturated heterocycles. The van der Waals surface area contributed by atoms with E-state index in [1.54, 1.807) is 6.07 Å². The van der Waals surface area contributed by atoms with E-state index in [0.717, 1.165) is 66.9 Å². The summed E-state index contributed by atoms with van der Waals surface area (Å²) in [6.07, 6.45) is 6.11. The minimum Gasteiger partial charge on any atom is -0.506 e. The highest BCUT2D eigenvalue weighted by Gasteiger charge is 2.17. The lowest BCUT2D eigenvalue weighted by Gasteiger charge is -2.20. The van der Waals surface area contributed by atoms with Crippen molar-refractivity contribution in [1.82, 2.24) is 4.98 Å². The predicted octanol–water partition coefficient (Wildman–Crippen LogP) is 5.04. The molecule has 2 unspecified atom stereocenters. The van der Waals surface area contributed by atoms with E-state index in [1.165, 1.54) is 5.56 Å². The van der Waals surface area contributed by atoms with Crippen LogP contribution >= 0.6 is 23.7 Å². The quantitative estimate of drug-likeness (QED) is 0.327. The highest BCUT2D eigenvalue weighted by atomic mass is 35.5. The molecule has 170 valence electrons. The third-order valence-corrected chi connectivity index (χ3v) is 6.61. The molecule has 0 aliphatic rings. The van der Waals surface area contributed by atoms with E-state index in [2.05, 4.69) is 36.2 Å². The molecule has 0 spiro atoms. The van der Waals surface area contributed by atoms with Crippen molar-refractivity contribution in [1.29, 1.82) is 0 Å². The Labute approximate surface area is 194 Å². The third-order valence-electron chi connectivity index (χ3n) is 5.65. The van der Waals surface area contributed by atoms with Crippen molar-refractivity contribution in [2.45, 2.75) is 51.5 Å². The van der Waals surface area contributed by atoms with Crippen LogP contribution in [0.15, 0.2) is 47.3 Å². The van der Waals surface area contributed by atoms with Crippen LogP contribution in [0.1, 0.15) is 43.7 Å². The van der Waals surface area contributed by atoms with Crippen molar-refractivity contribution in [3.8, 4) is 5.75 Å². The van der Waals surface area contributed by atoms with Gasteiger partial charge in [-0.25, -0.2) is 0 Å². The maximum Gasteiger partial charge on any atom is 0.305 e. The molecule has 31 heavy (non-hydrogen) atoms. The van der Waals surface area contributed by atoms with Crippen LogP contribution in [0.4, 0.5) is 0 Å². The fourth-order valence-corrected chi connectivity index (χ4v) is 4.57. The van der Waals surface area contributed by atoms with Crippen molar-refractivity contribution < 1.29 is 9.84 Å². The first-order valence-electron chi connectivity index (χ1n) is 10.8. The third kappa shape index (κ3) is 7.65. The van der Waals surface area contributed by atoms with Gasteiger partial charge in [0.25, 0.3) is 0 Å². The van der Waals surface area contributed by atoms with Crippen LogP contribution in [0.25, 0.3) is 10.2 Å². The second kappa shape index (κ2) is 12.9. The molecule has 7 heteroatoms. The molecule has 3 rings (SSSR count). The summed E-state index contributed by atoms with van der Waals surface area (Å²) < 4.78 is 6.57. The van der Waals surface area contributed by atoms with Crippen LogP contribution in [0, 0.1) is 5.92 Å². The number of hydrogen-bond donors (Lipinski definition) is 3. The summed E-state index contributed by atoms with van der Waals surface area (Å²) in [5, 5.41) is 9.93. The molecule has 0 bridgehead atoms. The molecule has 0 aliphatic carbocycles. The van der Waals surface area contributed by atoms with Crippen LogP contribution in [0.5, 0.6) is 5.75 Å². The summed E-state index contributed by atoms with van der Waals surface area (Å²) in [6, 6.07) is 14.0. The highest BCUT2D eigenvalue weighted by Crippen LogP contribution is 2.29. The molecule has 3 aromatic rings. The van der Waals surface area contributed by atoms with E-state index in [4.69, 9.17) is 10.5 Å². The predicted molar refractivity (Wildman–Crippen MR) is 132 cm³/mol. The van der Waals surface area contributed by atoms with E-state index >= 15 is 0 Å². The molecule has 4 N–H and O–H groups in total. The maximum atomic E-state index is 11.7. The molecule has 0 saturated carbocycles. The van der Waals surface area contributed by atoms with Gasteiger partial charge in [-0.05, 0) is 48.8 Å². The van der Waals surface area contributed by atoms with Crippen LogP contribution in [0.3, 0.4) is 0 Å². The molecule has 0 fully saturated rings. The number of aromatic nitrogens is 1. The van der Waals surface area contributed by atoms with Crippen molar-refractivity contribution >= 4 is 34.0 Å². The number of benzene rings is 2. The number of nitrogens with one attached hydrogen (secondary N) is 1. The number of unbranched alkanes of at least 4 members (excludes halogenated alkanes) is 2. The van der Waals surface area contributed by atoms with E-state index in [1.807, 2.05) is 12.1 Å². The van der Waals surface area contributed by atoms with Crippen LogP contribution < -0.4 is 10.6 Å². The number of phenols is 1. The normalized spacial score (nSPS) is 13.1. The molecule has 2 atom stereocenters. The van der Waals surface area contributed by atoms with Gasteiger partial charge in [-0.15, -0.1) is 12.4 Å². The Kier molecular flexibility index (Phi) is 10.5. The number of phenolic OH excluding ortho intramolecular Hbond substituents is 1. The zero-order valence-corrected chi connectivity index (χ0v) is 19.6. The number of nitrogens with two attached hydrogens (primary N) is 1. The van der Waals surface area contributed by atoms with Crippen LogP contribution in [-0.2, 0) is 17.6 Å². The van der Waals surface area contributed by atoms with E-state index in [-0.39, 0.29) is 29.1 Å². The van der Waals surface area contributed by atoms with Gasteiger partial charge in [-0.1, -0.05) is 67.5 Å². The van der Waals surface area contributed by atoms with E-state index in [0.29, 0.717) is 17.9 Å². The lowest BCUT2D eigenvalue weighted by molar-refractivity contribution is 0.132. The van der Waals surface area contributed by atoms with Gasteiger partial charge in [0.1, 0.15) is 11.3 Å². The molecule has 0 radical (unpaired) electrons. The average Bonchev–Trinajstić information content (AvgIpc) is 3.15. The van der Waals surface area contributed by atoms with Crippen LogP contribution in [0.2, 0.25) is 0 Å². The zero-order chi connectivity index (χ0) is 21.3. The Bertz CT molecular complexity index is 974. The van der Waals surface area contributed by atoms with E-state index in [9.17, 15) is 9.90 Å². The summed E-state index contributed by atoms with van der Waals surface area (Å²) >= 11 is 1.14. The number of H-pyrrole nitrogens is 1. The number of thiazole rings is 1. The lowest BCUT2D eigenvalue weighted by atomic mass is 9.91. The number of aromatic hydroxyl groups is 1. The Balaban J connectivity index is 0.00000341. The van der Waals surface area contributed by atoms with Gasteiger partial charge < -0.3 is 20.6 Å². The first kappa shape index (κ1) is 25.4. The van der Waals surface area contributed by atoms with Crippen molar-refractivity contribution in [2.24, 2.45) is 11.7 Å². The molecule has 1 aromatic heterocycles. The summed E-state index contributed by atoms with van der Waals surface area (Å²) in [5.74, 6) is 0.503. The van der Waals surface area contributed by atoms with Gasteiger partial charge >= 0.3 is 4.87 Å². The Morgan fingerprint density at radius 3 is 2.65 bits per heavy atom. The molecule has 1 heterocycles. The number of aromatic amines is 1. The Morgan fingerprint density at radius 1 is 1.10 bits per heavy atom. The summed E-state index contributed by atoms with van der Waals surface area (Å²) in [6.45, 7) is 3.78. The summed E-state index contributed by atoms with van der Waals surface area (Å²) in [4.78, 5) is 14.2. The van der Waals surface area contributed by atoms with Gasteiger partial charge in [0, 0.05) is 12.6 Å². The SMILES string of the molecule is CC(CCCCCOCCc1ccccc1)C(N)Cc1ccc(O)c2[nH]c(=O)sc12.Cl. The summed E-state index contributed by atoms with van der Waals surface area (Å²) in [5.41, 5.74) is 9.32. The molecule has 0 amide bonds. The largest absolute Gasteiger partial charge is 0.506 e. The maximum absolute atomic E-state index is 11.7. The standard InChI is InChI=1S/C24H32N2O3S.ClH/c1-17(8-4-3-7-14-29-15-13-18-9-5-2-6-10-18)20(25)16-19-11-12-21(27)22-23(19)30-24(28)26-22;/h2,5-6,9-12,17,20,27H,3-4,7-8,13-16,25H2,1H3,(H,26,28);1H. The number of hydrogen-bond acceptors (Lipinski definition) is 5. The number of ether oxygens (including phenoxy) is 1. The monoisotopic (exact) mass is 464 g/mol. The van der Waals surface area contributed by atoms with Crippen LogP contribution in [-0.4, -0.2) is 29.3 Å².